The van der Waals surface area contributed by atoms with Gasteiger partial charge in [0.15, 0.2) is 0 Å². The number of hydrogen-bond acceptors (Lipinski definition) is 7. The first kappa shape index (κ1) is 27.2. The SMILES string of the molecule is c1ccc(CN2CCNCC(c3ccc(CN4CCNCCCNCCNCC4)cc3)NCC2)cc1. The lowest BCUT2D eigenvalue weighted by atomic mass is 10.0. The van der Waals surface area contributed by atoms with Crippen LogP contribution in [0.4, 0.5) is 0 Å². The number of rotatable bonds is 5. The topological polar surface area (TPSA) is 66.6 Å². The lowest BCUT2D eigenvalue weighted by molar-refractivity contribution is 0.265. The molecule has 36 heavy (non-hydrogen) atoms. The average Bonchev–Trinajstić information content (AvgIpc) is 3.03. The molecule has 0 aromatic heterocycles. The second kappa shape index (κ2) is 16.1. The van der Waals surface area contributed by atoms with Crippen molar-refractivity contribution in [2.45, 2.75) is 25.6 Å². The van der Waals surface area contributed by atoms with Crippen LogP contribution in [0, 0.1) is 0 Å². The molecule has 2 aliphatic rings. The van der Waals surface area contributed by atoms with Crippen molar-refractivity contribution < 1.29 is 0 Å². The predicted octanol–water partition coefficient (Wildman–Crippen LogP) is 1.40. The van der Waals surface area contributed by atoms with Crippen LogP contribution in [0.3, 0.4) is 0 Å². The summed E-state index contributed by atoms with van der Waals surface area (Å²) in [5, 5.41) is 18.2. The molecule has 0 bridgehead atoms. The van der Waals surface area contributed by atoms with Gasteiger partial charge in [-0.1, -0.05) is 54.6 Å². The van der Waals surface area contributed by atoms with Gasteiger partial charge in [0.1, 0.15) is 0 Å². The first-order valence-corrected chi connectivity index (χ1v) is 14.0. The van der Waals surface area contributed by atoms with Crippen molar-refractivity contribution in [3.8, 4) is 0 Å². The van der Waals surface area contributed by atoms with Gasteiger partial charge in [0, 0.05) is 91.1 Å². The summed E-state index contributed by atoms with van der Waals surface area (Å²) >= 11 is 0. The Labute approximate surface area is 218 Å². The fourth-order valence-electron chi connectivity index (χ4n) is 5.05. The monoisotopic (exact) mass is 493 g/mol. The highest BCUT2D eigenvalue weighted by atomic mass is 15.2. The van der Waals surface area contributed by atoms with Crippen LogP contribution in [0.1, 0.15) is 29.2 Å². The highest BCUT2D eigenvalue weighted by Gasteiger charge is 2.15. The van der Waals surface area contributed by atoms with E-state index in [2.05, 4.69) is 91.0 Å². The molecule has 198 valence electrons. The summed E-state index contributed by atoms with van der Waals surface area (Å²) in [6.45, 7) is 15.7. The maximum Gasteiger partial charge on any atom is 0.0447 e. The van der Waals surface area contributed by atoms with Gasteiger partial charge < -0.3 is 26.6 Å². The third-order valence-corrected chi connectivity index (χ3v) is 7.20. The minimum atomic E-state index is 0.350. The van der Waals surface area contributed by atoms with E-state index in [0.717, 1.165) is 98.2 Å². The Bertz CT molecular complexity index is 815. The van der Waals surface area contributed by atoms with Gasteiger partial charge in [0.05, 0.1) is 0 Å². The molecule has 0 aliphatic carbocycles. The van der Waals surface area contributed by atoms with Crippen molar-refractivity contribution in [2.75, 3.05) is 85.1 Å². The number of nitrogens with zero attached hydrogens (tertiary/aromatic N) is 2. The molecule has 0 spiro atoms. The van der Waals surface area contributed by atoms with E-state index in [4.69, 9.17) is 0 Å². The van der Waals surface area contributed by atoms with E-state index in [1.165, 1.54) is 23.1 Å². The van der Waals surface area contributed by atoms with Gasteiger partial charge in [0.2, 0.25) is 0 Å². The third kappa shape index (κ3) is 9.90. The van der Waals surface area contributed by atoms with E-state index in [0.29, 0.717) is 6.04 Å². The van der Waals surface area contributed by atoms with Crippen LogP contribution in [0.2, 0.25) is 0 Å². The largest absolute Gasteiger partial charge is 0.315 e. The Morgan fingerprint density at radius 2 is 1.11 bits per heavy atom. The van der Waals surface area contributed by atoms with Gasteiger partial charge in [-0.25, -0.2) is 0 Å². The molecule has 7 heteroatoms. The van der Waals surface area contributed by atoms with Gasteiger partial charge in [-0.2, -0.15) is 0 Å². The molecule has 0 saturated carbocycles. The molecule has 2 heterocycles. The molecule has 2 aromatic rings. The molecule has 2 fully saturated rings. The van der Waals surface area contributed by atoms with Gasteiger partial charge in [0.25, 0.3) is 0 Å². The fourth-order valence-corrected chi connectivity index (χ4v) is 5.05. The average molecular weight is 494 g/mol. The van der Waals surface area contributed by atoms with E-state index >= 15 is 0 Å². The first-order valence-electron chi connectivity index (χ1n) is 14.0. The Kier molecular flexibility index (Phi) is 12.2. The molecule has 0 amide bonds. The molecule has 1 unspecified atom stereocenters. The molecular formula is C29H47N7. The number of hydrogen-bond donors (Lipinski definition) is 5. The number of benzene rings is 2. The molecule has 2 aliphatic heterocycles. The Hall–Kier alpha value is -1.84. The highest BCUT2D eigenvalue weighted by Crippen LogP contribution is 2.16. The Morgan fingerprint density at radius 3 is 1.81 bits per heavy atom. The highest BCUT2D eigenvalue weighted by molar-refractivity contribution is 5.25. The summed E-state index contributed by atoms with van der Waals surface area (Å²) in [6.07, 6.45) is 1.19. The van der Waals surface area contributed by atoms with E-state index in [1.54, 1.807) is 0 Å². The zero-order chi connectivity index (χ0) is 24.7. The summed E-state index contributed by atoms with van der Waals surface area (Å²) in [5.41, 5.74) is 4.17. The molecule has 5 N–H and O–H groups in total. The van der Waals surface area contributed by atoms with Crippen LogP contribution in [0.5, 0.6) is 0 Å². The van der Waals surface area contributed by atoms with E-state index in [-0.39, 0.29) is 0 Å². The van der Waals surface area contributed by atoms with Gasteiger partial charge in [-0.3, -0.25) is 9.80 Å². The van der Waals surface area contributed by atoms with E-state index < -0.39 is 0 Å². The minimum Gasteiger partial charge on any atom is -0.315 e. The second-order valence-electron chi connectivity index (χ2n) is 10.1. The van der Waals surface area contributed by atoms with Crippen molar-refractivity contribution in [3.63, 3.8) is 0 Å². The summed E-state index contributed by atoms with van der Waals surface area (Å²) in [5.74, 6) is 0. The van der Waals surface area contributed by atoms with E-state index in [9.17, 15) is 0 Å². The van der Waals surface area contributed by atoms with Gasteiger partial charge in [-0.15, -0.1) is 0 Å². The van der Waals surface area contributed by atoms with Crippen LogP contribution in [-0.2, 0) is 13.1 Å². The lowest BCUT2D eigenvalue weighted by Gasteiger charge is -2.24. The fraction of sp³-hybridized carbons (Fsp3) is 0.586. The number of nitrogens with one attached hydrogen (secondary N) is 5. The van der Waals surface area contributed by atoms with Gasteiger partial charge in [-0.05, 0) is 36.2 Å². The molecule has 2 saturated heterocycles. The standard InChI is InChI=1S/C29H47N7/c1-2-5-26(6-3-1)24-36-21-17-33-23-29(34-18-22-36)28-9-7-27(8-10-28)25-35-19-15-31-12-4-11-30-13-14-32-16-20-35/h1-3,5-10,29-34H,4,11-25H2. The molecular weight excluding hydrogens is 446 g/mol. The second-order valence-corrected chi connectivity index (χ2v) is 10.1. The van der Waals surface area contributed by atoms with Crippen molar-refractivity contribution >= 4 is 0 Å². The van der Waals surface area contributed by atoms with Crippen molar-refractivity contribution in [1.29, 1.82) is 0 Å². The lowest BCUT2D eigenvalue weighted by Crippen LogP contribution is -2.37. The molecule has 7 nitrogen and oxygen atoms in total. The van der Waals surface area contributed by atoms with Crippen LogP contribution in [0.25, 0.3) is 0 Å². The molecule has 2 aromatic carbocycles. The summed E-state index contributed by atoms with van der Waals surface area (Å²) in [6, 6.07) is 20.5. The van der Waals surface area contributed by atoms with Crippen LogP contribution in [0.15, 0.2) is 54.6 Å². The molecule has 1 atom stereocenters. The van der Waals surface area contributed by atoms with Gasteiger partial charge >= 0.3 is 0 Å². The summed E-state index contributed by atoms with van der Waals surface area (Å²) in [4.78, 5) is 5.11. The van der Waals surface area contributed by atoms with Crippen molar-refractivity contribution in [2.24, 2.45) is 0 Å². The smallest absolute Gasteiger partial charge is 0.0447 e. The third-order valence-electron chi connectivity index (χ3n) is 7.20. The summed E-state index contributed by atoms with van der Waals surface area (Å²) in [7, 11) is 0. The Morgan fingerprint density at radius 1 is 0.556 bits per heavy atom. The maximum atomic E-state index is 3.80. The van der Waals surface area contributed by atoms with Crippen molar-refractivity contribution in [1.82, 2.24) is 36.4 Å². The zero-order valence-electron chi connectivity index (χ0n) is 22.0. The van der Waals surface area contributed by atoms with Crippen LogP contribution in [-0.4, -0.2) is 94.9 Å². The van der Waals surface area contributed by atoms with Crippen molar-refractivity contribution in [3.05, 3.63) is 71.3 Å². The minimum absolute atomic E-state index is 0.350. The Balaban J connectivity index is 1.26. The predicted molar refractivity (Wildman–Crippen MR) is 150 cm³/mol. The van der Waals surface area contributed by atoms with Crippen LogP contribution >= 0.6 is 0 Å². The molecule has 4 rings (SSSR count). The quantitative estimate of drug-likeness (QED) is 0.432. The van der Waals surface area contributed by atoms with Crippen LogP contribution < -0.4 is 26.6 Å². The molecule has 0 radical (unpaired) electrons. The first-order chi connectivity index (χ1) is 17.9. The summed E-state index contributed by atoms with van der Waals surface area (Å²) < 4.78 is 0. The maximum absolute atomic E-state index is 3.80. The normalized spacial score (nSPS) is 22.8. The van der Waals surface area contributed by atoms with E-state index in [1.807, 2.05) is 0 Å². The zero-order valence-corrected chi connectivity index (χ0v) is 22.0.